The summed E-state index contributed by atoms with van der Waals surface area (Å²) in [6.07, 6.45) is 5.64. The Balaban J connectivity index is 1.77. The van der Waals surface area contributed by atoms with Crippen LogP contribution in [0, 0.1) is 31.6 Å². The van der Waals surface area contributed by atoms with E-state index in [-0.39, 0.29) is 48.7 Å². The van der Waals surface area contributed by atoms with Gasteiger partial charge in [-0.3, -0.25) is 14.4 Å². The normalized spacial score (nSPS) is 30.2. The fraction of sp³-hybridized carbons (Fsp3) is 0.567. The Kier molecular flexibility index (Phi) is 8.43. The summed E-state index contributed by atoms with van der Waals surface area (Å²) < 4.78 is 4.87. The lowest BCUT2D eigenvalue weighted by molar-refractivity contribution is -0.155. The number of nitrogens with zero attached hydrogens (tertiary/aromatic N) is 2. The van der Waals surface area contributed by atoms with Crippen molar-refractivity contribution in [3.05, 3.63) is 54.6 Å². The number of anilines is 1. The molecule has 3 unspecified atom stereocenters. The van der Waals surface area contributed by atoms with Crippen LogP contribution in [0.5, 0.6) is 0 Å². The topological polar surface area (TPSA) is 87.1 Å². The largest absolute Gasteiger partial charge is 0.465 e. The number of hydrogen-bond donors (Lipinski definition) is 1. The number of unbranched alkanes of at least 4 members (excludes halogenated alkanes) is 1. The van der Waals surface area contributed by atoms with Crippen molar-refractivity contribution in [2.45, 2.75) is 69.0 Å². The van der Waals surface area contributed by atoms with Crippen molar-refractivity contribution in [2.24, 2.45) is 17.8 Å². The summed E-state index contributed by atoms with van der Waals surface area (Å²) in [7, 11) is 0. The van der Waals surface area contributed by atoms with Gasteiger partial charge in [-0.2, -0.15) is 0 Å². The number of aliphatic hydroxyl groups excluding tert-OH is 1. The van der Waals surface area contributed by atoms with Gasteiger partial charge >= 0.3 is 5.97 Å². The maximum Gasteiger partial charge on any atom is 0.310 e. The number of carbonyl (C=O) groups is 3. The van der Waals surface area contributed by atoms with Crippen LogP contribution in [-0.4, -0.2) is 69.6 Å². The average molecular weight is 541 g/mol. The third kappa shape index (κ3) is 4.49. The molecule has 1 spiro atoms. The standard InChI is InChI=1S/C30H40N2O5S/c1-7-9-10-14-37-29(36)24-23-16-20(5)30(38-23)25(24)27(34)32(21(6)17-33)26(30)28(35)31(13-8-2)22-15-18(3)11-12-19(22)4/h7-8,11-12,15,20-21,23-26,33H,1-2,9-10,13-14,16-17H2,3-6H3/t20?,21-,23-,24+,25+,26?,30?/m1/s1. The minimum atomic E-state index is -0.814. The number of carbonyl (C=O) groups excluding carboxylic acids is 3. The van der Waals surface area contributed by atoms with E-state index < -0.39 is 28.7 Å². The van der Waals surface area contributed by atoms with Gasteiger partial charge in [0, 0.05) is 17.5 Å². The molecule has 4 rings (SSSR count). The predicted octanol–water partition coefficient (Wildman–Crippen LogP) is 4.05. The first kappa shape index (κ1) is 28.4. The summed E-state index contributed by atoms with van der Waals surface area (Å²) in [5.41, 5.74) is 2.75. The number of allylic oxidation sites excluding steroid dienone is 1. The van der Waals surface area contributed by atoms with E-state index in [4.69, 9.17) is 4.74 Å². The quantitative estimate of drug-likeness (QED) is 0.259. The number of aryl methyl sites for hydroxylation is 2. The smallest absolute Gasteiger partial charge is 0.310 e. The molecule has 8 heteroatoms. The lowest BCUT2D eigenvalue weighted by atomic mass is 9.66. The molecule has 7 nitrogen and oxygen atoms in total. The van der Waals surface area contributed by atoms with Crippen LogP contribution in [0.3, 0.4) is 0 Å². The summed E-state index contributed by atoms with van der Waals surface area (Å²) in [4.78, 5) is 45.4. The molecular formula is C30H40N2O5S. The minimum absolute atomic E-state index is 0.0327. The van der Waals surface area contributed by atoms with Gasteiger partial charge < -0.3 is 19.6 Å². The van der Waals surface area contributed by atoms with Gasteiger partial charge in [-0.1, -0.05) is 31.2 Å². The van der Waals surface area contributed by atoms with Crippen molar-refractivity contribution in [3.8, 4) is 0 Å². The van der Waals surface area contributed by atoms with Crippen molar-refractivity contribution in [1.29, 1.82) is 0 Å². The molecule has 2 bridgehead atoms. The zero-order chi connectivity index (χ0) is 27.8. The van der Waals surface area contributed by atoms with Gasteiger partial charge in [-0.25, -0.2) is 0 Å². The van der Waals surface area contributed by atoms with Crippen molar-refractivity contribution < 1.29 is 24.2 Å². The number of rotatable bonds is 11. The van der Waals surface area contributed by atoms with Gasteiger partial charge in [-0.15, -0.1) is 24.9 Å². The highest BCUT2D eigenvalue weighted by atomic mass is 32.2. The monoisotopic (exact) mass is 540 g/mol. The Morgan fingerprint density at radius 3 is 2.71 bits per heavy atom. The first-order chi connectivity index (χ1) is 18.1. The van der Waals surface area contributed by atoms with E-state index in [1.165, 1.54) is 0 Å². The molecule has 0 aliphatic carbocycles. The number of fused-ring (bicyclic) bond motifs is 1. The molecule has 2 amide bonds. The number of esters is 1. The molecule has 0 radical (unpaired) electrons. The van der Waals surface area contributed by atoms with Crippen molar-refractivity contribution >= 4 is 35.2 Å². The Bertz CT molecular complexity index is 1120. The molecule has 38 heavy (non-hydrogen) atoms. The van der Waals surface area contributed by atoms with E-state index >= 15 is 0 Å². The zero-order valence-corrected chi connectivity index (χ0v) is 23.7. The Morgan fingerprint density at radius 1 is 1.32 bits per heavy atom. The second-order valence-corrected chi connectivity index (χ2v) is 12.5. The first-order valence-corrected chi connectivity index (χ1v) is 14.4. The number of ether oxygens (including phenoxy) is 1. The molecule has 7 atom stereocenters. The van der Waals surface area contributed by atoms with Crippen LogP contribution < -0.4 is 4.90 Å². The van der Waals surface area contributed by atoms with Crippen molar-refractivity contribution in [1.82, 2.24) is 4.90 Å². The molecule has 0 saturated carbocycles. The molecule has 1 N–H and O–H groups in total. The number of benzene rings is 1. The Labute approximate surface area is 230 Å². The Morgan fingerprint density at radius 2 is 2.05 bits per heavy atom. The summed E-state index contributed by atoms with van der Waals surface area (Å²) in [5.74, 6) is -2.03. The van der Waals surface area contributed by atoms with Crippen LogP contribution in [0.4, 0.5) is 5.69 Å². The molecule has 3 aliphatic heterocycles. The van der Waals surface area contributed by atoms with Gasteiger partial charge in [-0.05, 0) is 63.1 Å². The molecular weight excluding hydrogens is 500 g/mol. The van der Waals surface area contributed by atoms with E-state index in [0.29, 0.717) is 6.42 Å². The molecule has 3 saturated heterocycles. The van der Waals surface area contributed by atoms with Gasteiger partial charge in [0.1, 0.15) is 6.04 Å². The van der Waals surface area contributed by atoms with E-state index in [1.54, 1.807) is 40.6 Å². The van der Waals surface area contributed by atoms with Gasteiger partial charge in [0.05, 0.1) is 35.8 Å². The van der Waals surface area contributed by atoms with Crippen LogP contribution in [0.2, 0.25) is 0 Å². The van der Waals surface area contributed by atoms with Crippen LogP contribution in [0.15, 0.2) is 43.5 Å². The molecule has 1 aromatic rings. The second kappa shape index (κ2) is 11.3. The summed E-state index contributed by atoms with van der Waals surface area (Å²) >= 11 is 1.61. The molecule has 3 fully saturated rings. The molecule has 206 valence electrons. The summed E-state index contributed by atoms with van der Waals surface area (Å²) in [6.45, 7) is 15.7. The average Bonchev–Trinajstić information content (AvgIpc) is 3.49. The minimum Gasteiger partial charge on any atom is -0.465 e. The highest BCUT2D eigenvalue weighted by Gasteiger charge is 2.77. The van der Waals surface area contributed by atoms with E-state index in [0.717, 1.165) is 29.7 Å². The predicted molar refractivity (Wildman–Crippen MR) is 151 cm³/mol. The van der Waals surface area contributed by atoms with Crippen molar-refractivity contribution in [3.63, 3.8) is 0 Å². The Hall–Kier alpha value is -2.58. The summed E-state index contributed by atoms with van der Waals surface area (Å²) in [6, 6.07) is 4.59. The number of hydrogen-bond acceptors (Lipinski definition) is 6. The van der Waals surface area contributed by atoms with Crippen LogP contribution >= 0.6 is 11.8 Å². The molecule has 0 aromatic heterocycles. The molecule has 3 aliphatic rings. The number of likely N-dealkylation sites (tertiary alicyclic amines) is 1. The maximum atomic E-state index is 14.6. The lowest BCUT2D eigenvalue weighted by Gasteiger charge is -2.41. The number of aliphatic hydroxyl groups is 1. The molecule has 3 heterocycles. The fourth-order valence-electron chi connectivity index (χ4n) is 6.66. The lowest BCUT2D eigenvalue weighted by Crippen LogP contribution is -2.59. The van der Waals surface area contributed by atoms with Gasteiger partial charge in [0.25, 0.3) is 5.91 Å². The summed E-state index contributed by atoms with van der Waals surface area (Å²) in [5, 5.41) is 10.1. The third-order valence-electron chi connectivity index (χ3n) is 8.46. The van der Waals surface area contributed by atoms with Crippen LogP contribution in [-0.2, 0) is 19.1 Å². The second-order valence-electron chi connectivity index (χ2n) is 11.0. The fourth-order valence-corrected chi connectivity index (χ4v) is 9.05. The van der Waals surface area contributed by atoms with Crippen LogP contribution in [0.1, 0.15) is 44.2 Å². The third-order valence-corrected chi connectivity index (χ3v) is 10.5. The highest BCUT2D eigenvalue weighted by Crippen LogP contribution is 2.69. The van der Waals surface area contributed by atoms with E-state index in [2.05, 4.69) is 20.1 Å². The number of thioether (sulfide) groups is 1. The number of amides is 2. The first-order valence-electron chi connectivity index (χ1n) is 13.5. The van der Waals surface area contributed by atoms with Crippen molar-refractivity contribution in [2.75, 3.05) is 24.7 Å². The SMILES string of the molecule is C=CCCCOC(=O)[C@@H]1[C@H]2C(=O)N([C@H](C)CO)C(C(=O)N(CC=C)c3cc(C)ccc3C)C23S[C@@H]1CC3C. The maximum absolute atomic E-state index is 14.6. The zero-order valence-electron chi connectivity index (χ0n) is 22.9. The van der Waals surface area contributed by atoms with E-state index in [9.17, 15) is 19.5 Å². The molecule has 1 aromatic carbocycles. The van der Waals surface area contributed by atoms with Gasteiger partial charge in [0.2, 0.25) is 5.91 Å². The van der Waals surface area contributed by atoms with E-state index in [1.807, 2.05) is 32.0 Å². The highest BCUT2D eigenvalue weighted by molar-refractivity contribution is 8.02. The van der Waals surface area contributed by atoms with Crippen LogP contribution in [0.25, 0.3) is 0 Å². The van der Waals surface area contributed by atoms with Gasteiger partial charge in [0.15, 0.2) is 0 Å².